The number of hydrogen-bond acceptors (Lipinski definition) is 9. The Morgan fingerprint density at radius 3 is 2.06 bits per heavy atom. The lowest BCUT2D eigenvalue weighted by atomic mass is 9.96. The summed E-state index contributed by atoms with van der Waals surface area (Å²) in [5.74, 6) is 3.51. The number of nitrogens with one attached hydrogen (secondary N) is 2. The molecule has 4 rings (SSSR count). The van der Waals surface area contributed by atoms with Crippen LogP contribution < -0.4 is 20.3 Å². The monoisotopic (exact) mass is 714 g/mol. The smallest absolute Gasteiger partial charge is 0.226 e. The highest BCUT2D eigenvalue weighted by molar-refractivity contribution is 7.82. The molecule has 0 saturated carbocycles. The first-order valence-corrected chi connectivity index (χ1v) is 20.0. The average Bonchev–Trinajstić information content (AvgIpc) is 3.13. The molecule has 2 aliphatic rings. The van der Waals surface area contributed by atoms with Crippen LogP contribution in [0, 0.1) is 25.7 Å². The van der Waals surface area contributed by atoms with Crippen LogP contribution in [-0.4, -0.2) is 121 Å². The van der Waals surface area contributed by atoms with Gasteiger partial charge in [-0.1, -0.05) is 27.7 Å². The van der Waals surface area contributed by atoms with E-state index in [1.165, 1.54) is 65.1 Å². The highest BCUT2D eigenvalue weighted by atomic mass is 32.2. The molecule has 1 aromatic carbocycles. The van der Waals surface area contributed by atoms with Gasteiger partial charge in [-0.15, -0.1) is 10.2 Å². The predicted octanol–water partition coefficient (Wildman–Crippen LogP) is 5.36. The van der Waals surface area contributed by atoms with Gasteiger partial charge in [-0.3, -0.25) is 4.79 Å². The third-order valence-electron chi connectivity index (χ3n) is 10.0. The largest absolute Gasteiger partial charge is 0.497 e. The van der Waals surface area contributed by atoms with Crippen molar-refractivity contribution >= 4 is 28.5 Å². The number of carbonyl (C=O) groups excluding carboxylic acids is 1. The molecule has 11 nitrogen and oxygen atoms in total. The number of piperidine rings is 2. The van der Waals surface area contributed by atoms with E-state index in [9.17, 15) is 9.00 Å². The highest BCUT2D eigenvalue weighted by Crippen LogP contribution is 2.26. The molecule has 2 aliphatic heterocycles. The van der Waals surface area contributed by atoms with E-state index in [-0.39, 0.29) is 12.3 Å². The number of amides is 1. The van der Waals surface area contributed by atoms with E-state index in [1.807, 2.05) is 32.0 Å². The van der Waals surface area contributed by atoms with E-state index >= 15 is 0 Å². The minimum atomic E-state index is -1.38. The molecule has 1 atom stereocenters. The first-order valence-electron chi connectivity index (χ1n) is 18.9. The van der Waals surface area contributed by atoms with Crippen LogP contribution in [0.15, 0.2) is 29.2 Å². The second kappa shape index (κ2) is 22.3. The van der Waals surface area contributed by atoms with Crippen molar-refractivity contribution in [2.75, 3.05) is 96.4 Å². The van der Waals surface area contributed by atoms with E-state index in [0.717, 1.165) is 71.9 Å². The summed E-state index contributed by atoms with van der Waals surface area (Å²) in [7, 11) is 2.00. The molecular weight excluding hydrogens is 649 g/mol. The van der Waals surface area contributed by atoms with E-state index < -0.39 is 11.0 Å². The molecule has 12 heteroatoms. The second-order valence-electron chi connectivity index (χ2n) is 13.8. The first kappa shape index (κ1) is 41.8. The van der Waals surface area contributed by atoms with Gasteiger partial charge in [0.05, 0.1) is 12.0 Å². The Kier molecular flexibility index (Phi) is 18.7. The summed E-state index contributed by atoms with van der Waals surface area (Å²) in [5, 5.41) is 14.8. The topological polar surface area (TPSA) is 106 Å². The lowest BCUT2D eigenvalue weighted by Gasteiger charge is -2.35. The van der Waals surface area contributed by atoms with Crippen LogP contribution in [0.1, 0.15) is 77.3 Å². The number of hydrogen-bond donors (Lipinski definition) is 2. The van der Waals surface area contributed by atoms with Crippen LogP contribution in [0.25, 0.3) is 0 Å². The number of benzene rings is 1. The number of aromatic nitrogens is 2. The number of rotatable bonds is 17. The Labute approximate surface area is 305 Å². The van der Waals surface area contributed by atoms with Crippen molar-refractivity contribution in [1.82, 2.24) is 29.6 Å². The Hall–Kier alpha value is -2.64. The fourth-order valence-corrected chi connectivity index (χ4v) is 8.12. The molecule has 50 heavy (non-hydrogen) atoms. The van der Waals surface area contributed by atoms with Crippen molar-refractivity contribution in [2.45, 2.75) is 85.0 Å². The molecule has 1 aromatic heterocycles. The van der Waals surface area contributed by atoms with Crippen molar-refractivity contribution in [2.24, 2.45) is 11.8 Å². The van der Waals surface area contributed by atoms with Gasteiger partial charge < -0.3 is 30.1 Å². The molecule has 0 radical (unpaired) electrons. The molecule has 2 saturated heterocycles. The number of aryl methyl sites for hydroxylation is 2. The summed E-state index contributed by atoms with van der Waals surface area (Å²) >= 11 is 0. The van der Waals surface area contributed by atoms with Gasteiger partial charge in [0.2, 0.25) is 5.91 Å². The van der Waals surface area contributed by atoms with Gasteiger partial charge in [-0.2, -0.15) is 0 Å². The molecule has 2 fully saturated rings. The van der Waals surface area contributed by atoms with Crippen molar-refractivity contribution in [3.05, 3.63) is 35.4 Å². The van der Waals surface area contributed by atoms with E-state index in [0.29, 0.717) is 12.4 Å². The normalized spacial score (nSPS) is 16.4. The summed E-state index contributed by atoms with van der Waals surface area (Å²) in [4.78, 5) is 20.7. The Morgan fingerprint density at radius 2 is 1.52 bits per heavy atom. The number of ether oxygens (including phenoxy) is 1. The van der Waals surface area contributed by atoms with E-state index in [1.54, 1.807) is 24.5 Å². The van der Waals surface area contributed by atoms with E-state index in [2.05, 4.69) is 63.2 Å². The van der Waals surface area contributed by atoms with Crippen molar-refractivity contribution < 1.29 is 13.7 Å². The molecule has 0 aliphatic carbocycles. The quantitative estimate of drug-likeness (QED) is 0.224. The Morgan fingerprint density at radius 1 is 0.920 bits per heavy atom. The second-order valence-corrected chi connectivity index (χ2v) is 15.3. The maximum absolute atomic E-state index is 13.1. The summed E-state index contributed by atoms with van der Waals surface area (Å²) in [5.41, 5.74) is 1.80. The lowest BCUT2D eigenvalue weighted by Crippen LogP contribution is -2.39. The highest BCUT2D eigenvalue weighted by Gasteiger charge is 2.23. The molecule has 1 amide bonds. The zero-order chi connectivity index (χ0) is 36.5. The summed E-state index contributed by atoms with van der Waals surface area (Å²) in [6, 6.07) is 7.48. The number of anilines is 2. The van der Waals surface area contributed by atoms with E-state index in [4.69, 9.17) is 4.74 Å². The summed E-state index contributed by atoms with van der Waals surface area (Å²) in [6.07, 6.45) is 6.45. The molecule has 2 aromatic rings. The average molecular weight is 715 g/mol. The first-order chi connectivity index (χ1) is 24.1. The zero-order valence-electron chi connectivity index (χ0n) is 32.3. The zero-order valence-corrected chi connectivity index (χ0v) is 33.1. The Bertz CT molecular complexity index is 1270. The van der Waals surface area contributed by atoms with Crippen LogP contribution in [-0.2, 0) is 15.8 Å². The molecule has 2 N–H and O–H groups in total. The third-order valence-corrected chi connectivity index (χ3v) is 11.8. The molecule has 0 bridgehead atoms. The number of methoxy groups -OCH3 is 1. The lowest BCUT2D eigenvalue weighted by molar-refractivity contribution is -0.116. The summed E-state index contributed by atoms with van der Waals surface area (Å²) < 4.78 is 20.1. The van der Waals surface area contributed by atoms with Gasteiger partial charge >= 0.3 is 0 Å². The summed E-state index contributed by atoms with van der Waals surface area (Å²) in [6.45, 7) is 24.8. The van der Waals surface area contributed by atoms with Crippen LogP contribution in [0.2, 0.25) is 0 Å². The SMILES string of the molecule is CCCN(CC)CC1CCN(c2ccc(NC(=O)CCN(C)S(=O)c3c(C)cc(OC)cc3C)nn2)CC1.CCN(CC)CC1CCNCC1. The third kappa shape index (κ3) is 13.5. The van der Waals surface area contributed by atoms with Crippen molar-refractivity contribution in [3.8, 4) is 5.75 Å². The van der Waals surface area contributed by atoms with Gasteiger partial charge in [0.25, 0.3) is 0 Å². The fraction of sp³-hybridized carbons (Fsp3) is 0.711. The van der Waals surface area contributed by atoms with Crippen molar-refractivity contribution in [1.29, 1.82) is 0 Å². The maximum atomic E-state index is 13.1. The van der Waals surface area contributed by atoms with Crippen LogP contribution >= 0.6 is 0 Å². The van der Waals surface area contributed by atoms with Crippen LogP contribution in [0.3, 0.4) is 0 Å². The van der Waals surface area contributed by atoms with Gasteiger partial charge in [0.1, 0.15) is 16.7 Å². The molecule has 0 spiro atoms. The molecule has 1 unspecified atom stereocenters. The van der Waals surface area contributed by atoms with Gasteiger partial charge in [-0.25, -0.2) is 8.51 Å². The van der Waals surface area contributed by atoms with Crippen LogP contribution in [0.4, 0.5) is 11.6 Å². The number of carbonyl (C=O) groups is 1. The Balaban J connectivity index is 0.000000474. The molecule has 282 valence electrons. The molecular formula is C38H66N8O3S. The number of nitrogens with zero attached hydrogens (tertiary/aromatic N) is 6. The fourth-order valence-electron chi connectivity index (χ4n) is 6.88. The maximum Gasteiger partial charge on any atom is 0.226 e. The minimum Gasteiger partial charge on any atom is -0.497 e. The molecule has 3 heterocycles. The van der Waals surface area contributed by atoms with Crippen molar-refractivity contribution in [3.63, 3.8) is 0 Å². The van der Waals surface area contributed by atoms with Gasteiger partial charge in [0.15, 0.2) is 11.6 Å². The minimum absolute atomic E-state index is 0.188. The standard InChI is InChI=1S/C28H44N6O3S.C10H22N2/c1-7-14-33(8-2)20-23-11-16-34(17-12-23)26-10-9-25(30-31-26)29-27(35)13-15-32(5)38(36)28-21(3)18-24(37-6)19-22(28)4;1-3-12(4-2)9-10-5-7-11-8-6-10/h9-10,18-19,23H,7-8,11-17,20H2,1-6H3,(H,29,30,35);10-11H,3-9H2,1-2H3. The predicted molar refractivity (Wildman–Crippen MR) is 208 cm³/mol. The van der Waals surface area contributed by atoms with Gasteiger partial charge in [0, 0.05) is 46.2 Å². The van der Waals surface area contributed by atoms with Gasteiger partial charge in [-0.05, 0) is 132 Å². The van der Waals surface area contributed by atoms with Crippen LogP contribution in [0.5, 0.6) is 5.75 Å².